The number of ether oxygens (including phenoxy) is 1. The van der Waals surface area contributed by atoms with Crippen LogP contribution in [0.4, 0.5) is 0 Å². The third-order valence-corrected chi connectivity index (χ3v) is 3.03. The molecule has 2 N–H and O–H groups in total. The van der Waals surface area contributed by atoms with Crippen molar-refractivity contribution >= 4 is 0 Å². The molecule has 0 saturated heterocycles. The van der Waals surface area contributed by atoms with Crippen molar-refractivity contribution in [3.8, 4) is 17.6 Å². The van der Waals surface area contributed by atoms with Crippen LogP contribution in [0.25, 0.3) is 0 Å². The maximum Gasteiger partial charge on any atom is 0.119 e. The number of hydrogen-bond donors (Lipinski definition) is 2. The number of nitrogens with zero attached hydrogens (tertiary/aromatic N) is 1. The van der Waals surface area contributed by atoms with Gasteiger partial charge in [0.1, 0.15) is 5.75 Å². The van der Waals surface area contributed by atoms with Crippen LogP contribution in [0.15, 0.2) is 18.2 Å². The molecule has 4 heteroatoms. The fraction of sp³-hybridized carbons (Fsp3) is 0.500. The highest BCUT2D eigenvalue weighted by molar-refractivity contribution is 5.45. The minimum Gasteiger partial charge on any atom is -0.497 e. The second-order valence-corrected chi connectivity index (χ2v) is 4.39. The molecule has 0 saturated carbocycles. The summed E-state index contributed by atoms with van der Waals surface area (Å²) >= 11 is 0. The molecule has 0 spiro atoms. The Morgan fingerprint density at radius 2 is 2.05 bits per heavy atom. The summed E-state index contributed by atoms with van der Waals surface area (Å²) in [5.41, 5.74) is 2.01. The number of aliphatic hydroxyl groups is 2. The molecular formula is C16H23NO3. The van der Waals surface area contributed by atoms with E-state index in [1.807, 2.05) is 18.2 Å². The SMILES string of the molecule is CCN(CCO)Cc1cc(OC)ccc1C#CCCO. The molecule has 1 rings (SSSR count). The van der Waals surface area contributed by atoms with E-state index in [2.05, 4.69) is 23.7 Å². The molecule has 0 aromatic heterocycles. The second-order valence-electron chi connectivity index (χ2n) is 4.39. The summed E-state index contributed by atoms with van der Waals surface area (Å²) < 4.78 is 5.25. The van der Waals surface area contributed by atoms with E-state index in [1.54, 1.807) is 7.11 Å². The van der Waals surface area contributed by atoms with Gasteiger partial charge in [-0.25, -0.2) is 0 Å². The minimum atomic E-state index is 0.0735. The molecule has 20 heavy (non-hydrogen) atoms. The average molecular weight is 277 g/mol. The maximum absolute atomic E-state index is 9.07. The molecule has 0 fully saturated rings. The van der Waals surface area contributed by atoms with Crippen LogP contribution in [-0.2, 0) is 6.54 Å². The van der Waals surface area contributed by atoms with Gasteiger partial charge in [-0.05, 0) is 30.3 Å². The first kappa shape index (κ1) is 16.5. The van der Waals surface area contributed by atoms with Gasteiger partial charge in [-0.1, -0.05) is 18.8 Å². The van der Waals surface area contributed by atoms with E-state index in [-0.39, 0.29) is 13.2 Å². The topological polar surface area (TPSA) is 52.9 Å². The summed E-state index contributed by atoms with van der Waals surface area (Å²) in [7, 11) is 1.64. The third-order valence-electron chi connectivity index (χ3n) is 3.03. The number of aliphatic hydroxyl groups excluding tert-OH is 2. The number of methoxy groups -OCH3 is 1. The first-order valence-corrected chi connectivity index (χ1v) is 6.85. The smallest absolute Gasteiger partial charge is 0.119 e. The quantitative estimate of drug-likeness (QED) is 0.736. The Kier molecular flexibility index (Phi) is 7.74. The predicted molar refractivity (Wildman–Crippen MR) is 79.6 cm³/mol. The van der Waals surface area contributed by atoms with Gasteiger partial charge in [0.15, 0.2) is 0 Å². The Balaban J connectivity index is 2.97. The Morgan fingerprint density at radius 3 is 2.65 bits per heavy atom. The lowest BCUT2D eigenvalue weighted by Gasteiger charge is -2.20. The van der Waals surface area contributed by atoms with Crippen molar-refractivity contribution in [1.29, 1.82) is 0 Å². The van der Waals surface area contributed by atoms with Crippen molar-refractivity contribution in [3.63, 3.8) is 0 Å². The summed E-state index contributed by atoms with van der Waals surface area (Å²) in [4.78, 5) is 2.14. The molecule has 0 radical (unpaired) electrons. The maximum atomic E-state index is 9.07. The lowest BCUT2D eigenvalue weighted by atomic mass is 10.1. The summed E-state index contributed by atoms with van der Waals surface area (Å²) in [5.74, 6) is 6.82. The fourth-order valence-electron chi connectivity index (χ4n) is 1.89. The number of hydrogen-bond acceptors (Lipinski definition) is 4. The van der Waals surface area contributed by atoms with Gasteiger partial charge in [0.05, 0.1) is 20.3 Å². The molecule has 1 aromatic rings. The molecule has 0 atom stereocenters. The summed E-state index contributed by atoms with van der Waals surface area (Å²) in [6, 6.07) is 5.79. The van der Waals surface area contributed by atoms with Gasteiger partial charge in [0.25, 0.3) is 0 Å². The van der Waals surface area contributed by atoms with E-state index < -0.39 is 0 Å². The van der Waals surface area contributed by atoms with Gasteiger partial charge in [-0.15, -0.1) is 0 Å². The van der Waals surface area contributed by atoms with Crippen LogP contribution >= 0.6 is 0 Å². The van der Waals surface area contributed by atoms with Crippen LogP contribution in [0.2, 0.25) is 0 Å². The third kappa shape index (κ3) is 5.22. The van der Waals surface area contributed by atoms with Gasteiger partial charge < -0.3 is 14.9 Å². The monoisotopic (exact) mass is 277 g/mol. The molecule has 0 bridgehead atoms. The summed E-state index contributed by atoms with van der Waals surface area (Å²) in [6.45, 7) is 4.50. The van der Waals surface area contributed by atoms with Gasteiger partial charge in [-0.3, -0.25) is 4.90 Å². The van der Waals surface area contributed by atoms with Crippen molar-refractivity contribution in [3.05, 3.63) is 29.3 Å². The van der Waals surface area contributed by atoms with Crippen molar-refractivity contribution < 1.29 is 14.9 Å². The Labute approximate surface area is 121 Å². The molecule has 0 aliphatic carbocycles. The molecule has 110 valence electrons. The van der Waals surface area contributed by atoms with Gasteiger partial charge in [-0.2, -0.15) is 0 Å². The zero-order chi connectivity index (χ0) is 14.8. The fourth-order valence-corrected chi connectivity index (χ4v) is 1.89. The first-order valence-electron chi connectivity index (χ1n) is 6.85. The molecule has 0 heterocycles. The van der Waals surface area contributed by atoms with Crippen LogP contribution in [0.3, 0.4) is 0 Å². The van der Waals surface area contributed by atoms with E-state index in [0.717, 1.165) is 30.0 Å². The highest BCUT2D eigenvalue weighted by Gasteiger charge is 2.08. The highest BCUT2D eigenvalue weighted by Crippen LogP contribution is 2.19. The largest absolute Gasteiger partial charge is 0.497 e. The predicted octanol–water partition coefficient (Wildman–Crippen LogP) is 1.24. The number of likely N-dealkylation sites (N-methyl/N-ethyl adjacent to an activating group) is 1. The van der Waals surface area contributed by atoms with Gasteiger partial charge in [0, 0.05) is 25.1 Å². The average Bonchev–Trinajstić information content (AvgIpc) is 2.48. The normalized spacial score (nSPS) is 10.2. The lowest BCUT2D eigenvalue weighted by molar-refractivity contribution is 0.196. The van der Waals surface area contributed by atoms with E-state index in [0.29, 0.717) is 13.0 Å². The van der Waals surface area contributed by atoms with E-state index in [9.17, 15) is 0 Å². The number of rotatable bonds is 7. The van der Waals surface area contributed by atoms with E-state index in [1.165, 1.54) is 0 Å². The second kappa shape index (κ2) is 9.38. The highest BCUT2D eigenvalue weighted by atomic mass is 16.5. The van der Waals surface area contributed by atoms with Crippen molar-refractivity contribution in [2.24, 2.45) is 0 Å². The Hall–Kier alpha value is -1.54. The van der Waals surface area contributed by atoms with Crippen LogP contribution in [-0.4, -0.2) is 48.5 Å². The standard InChI is InChI=1S/C16H23NO3/c1-3-17(9-11-19)13-15-12-16(20-2)8-7-14(15)6-4-5-10-18/h7-8,12,18-19H,3,5,9-11,13H2,1-2H3. The summed E-state index contributed by atoms with van der Waals surface area (Å²) in [6.07, 6.45) is 0.472. The van der Waals surface area contributed by atoms with Crippen LogP contribution in [0, 0.1) is 11.8 Å². The van der Waals surface area contributed by atoms with Gasteiger partial charge >= 0.3 is 0 Å². The van der Waals surface area contributed by atoms with Crippen LogP contribution < -0.4 is 4.74 Å². The zero-order valence-corrected chi connectivity index (χ0v) is 12.2. The van der Waals surface area contributed by atoms with Crippen LogP contribution in [0.1, 0.15) is 24.5 Å². The van der Waals surface area contributed by atoms with Gasteiger partial charge in [0.2, 0.25) is 0 Å². The van der Waals surface area contributed by atoms with E-state index in [4.69, 9.17) is 14.9 Å². The molecule has 4 nitrogen and oxygen atoms in total. The first-order chi connectivity index (χ1) is 9.74. The lowest BCUT2D eigenvalue weighted by Crippen LogP contribution is -2.26. The van der Waals surface area contributed by atoms with Crippen LogP contribution in [0.5, 0.6) is 5.75 Å². The zero-order valence-electron chi connectivity index (χ0n) is 12.2. The van der Waals surface area contributed by atoms with Crippen molar-refractivity contribution in [1.82, 2.24) is 4.90 Å². The molecular weight excluding hydrogens is 254 g/mol. The van der Waals surface area contributed by atoms with Crippen molar-refractivity contribution in [2.45, 2.75) is 19.9 Å². The minimum absolute atomic E-state index is 0.0735. The number of benzene rings is 1. The Morgan fingerprint density at radius 1 is 1.25 bits per heavy atom. The molecule has 0 aliphatic heterocycles. The molecule has 0 amide bonds. The Bertz CT molecular complexity index is 463. The summed E-state index contributed by atoms with van der Waals surface area (Å²) in [5, 5.41) is 17.9. The molecule has 1 aromatic carbocycles. The van der Waals surface area contributed by atoms with Crippen molar-refractivity contribution in [2.75, 3.05) is 33.4 Å². The molecule has 0 unspecified atom stereocenters. The van der Waals surface area contributed by atoms with E-state index >= 15 is 0 Å². The molecule has 0 aliphatic rings.